The van der Waals surface area contributed by atoms with Crippen molar-refractivity contribution in [3.05, 3.63) is 33.8 Å². The standard InChI is InChI=1S/C12H12BrF2NO2/c1-18-7-2-3-16(6-7)12(17)8-4-11(15)9(13)5-10(8)14/h4-5,7H,2-3,6H2,1H3/t7-/m0/s1. The third kappa shape index (κ3) is 2.54. The minimum atomic E-state index is -0.728. The van der Waals surface area contributed by atoms with Gasteiger partial charge in [0.15, 0.2) is 0 Å². The highest BCUT2D eigenvalue weighted by Gasteiger charge is 2.28. The molecule has 0 N–H and O–H groups in total. The van der Waals surface area contributed by atoms with Crippen molar-refractivity contribution in [1.29, 1.82) is 0 Å². The van der Waals surface area contributed by atoms with Crippen LogP contribution in [-0.4, -0.2) is 37.1 Å². The van der Waals surface area contributed by atoms with E-state index >= 15 is 0 Å². The molecule has 1 aromatic carbocycles. The molecule has 1 aliphatic heterocycles. The molecule has 3 nitrogen and oxygen atoms in total. The average Bonchev–Trinajstić information content (AvgIpc) is 2.81. The van der Waals surface area contributed by atoms with Gasteiger partial charge in [-0.3, -0.25) is 4.79 Å². The van der Waals surface area contributed by atoms with Gasteiger partial charge in [0.2, 0.25) is 0 Å². The highest BCUT2D eigenvalue weighted by atomic mass is 79.9. The van der Waals surface area contributed by atoms with Gasteiger partial charge in [-0.25, -0.2) is 8.78 Å². The monoisotopic (exact) mass is 319 g/mol. The number of amides is 1. The van der Waals surface area contributed by atoms with Crippen molar-refractivity contribution in [2.75, 3.05) is 20.2 Å². The number of methoxy groups -OCH3 is 1. The van der Waals surface area contributed by atoms with Gasteiger partial charge >= 0.3 is 0 Å². The number of carbonyl (C=O) groups is 1. The summed E-state index contributed by atoms with van der Waals surface area (Å²) in [5, 5.41) is 0. The van der Waals surface area contributed by atoms with Gasteiger partial charge in [-0.05, 0) is 34.5 Å². The molecule has 1 amide bonds. The molecule has 0 aliphatic carbocycles. The number of carbonyl (C=O) groups excluding carboxylic acids is 1. The van der Waals surface area contributed by atoms with Crippen LogP contribution in [0.4, 0.5) is 8.78 Å². The van der Waals surface area contributed by atoms with Crippen LogP contribution in [0.5, 0.6) is 0 Å². The lowest BCUT2D eigenvalue weighted by atomic mass is 10.2. The quantitative estimate of drug-likeness (QED) is 0.784. The maximum atomic E-state index is 13.6. The van der Waals surface area contributed by atoms with Crippen LogP contribution in [0, 0.1) is 11.6 Å². The summed E-state index contributed by atoms with van der Waals surface area (Å²) in [6.45, 7) is 0.904. The molecule has 98 valence electrons. The van der Waals surface area contributed by atoms with E-state index in [-0.39, 0.29) is 16.1 Å². The molecular formula is C12H12BrF2NO2. The molecule has 1 heterocycles. The van der Waals surface area contributed by atoms with Crippen molar-refractivity contribution in [1.82, 2.24) is 4.90 Å². The third-order valence-electron chi connectivity index (χ3n) is 3.01. The van der Waals surface area contributed by atoms with E-state index in [1.54, 1.807) is 7.11 Å². The Morgan fingerprint density at radius 3 is 2.78 bits per heavy atom. The van der Waals surface area contributed by atoms with Crippen molar-refractivity contribution in [2.24, 2.45) is 0 Å². The zero-order chi connectivity index (χ0) is 13.3. The van der Waals surface area contributed by atoms with E-state index in [4.69, 9.17) is 4.74 Å². The molecule has 0 bridgehead atoms. The van der Waals surface area contributed by atoms with Crippen molar-refractivity contribution >= 4 is 21.8 Å². The zero-order valence-electron chi connectivity index (χ0n) is 9.75. The van der Waals surface area contributed by atoms with Crippen molar-refractivity contribution in [3.63, 3.8) is 0 Å². The molecule has 0 radical (unpaired) electrons. The topological polar surface area (TPSA) is 29.5 Å². The van der Waals surface area contributed by atoms with E-state index in [0.29, 0.717) is 19.5 Å². The lowest BCUT2D eigenvalue weighted by molar-refractivity contribution is 0.0719. The fourth-order valence-corrected chi connectivity index (χ4v) is 2.28. The highest BCUT2D eigenvalue weighted by molar-refractivity contribution is 9.10. The van der Waals surface area contributed by atoms with E-state index in [1.165, 1.54) is 4.90 Å². The molecule has 0 aromatic heterocycles. The second-order valence-electron chi connectivity index (χ2n) is 4.14. The Bertz CT molecular complexity index is 481. The zero-order valence-corrected chi connectivity index (χ0v) is 11.3. The average molecular weight is 320 g/mol. The van der Waals surface area contributed by atoms with E-state index in [2.05, 4.69) is 15.9 Å². The van der Waals surface area contributed by atoms with Crippen LogP contribution < -0.4 is 0 Å². The van der Waals surface area contributed by atoms with Crippen LogP contribution in [0.2, 0.25) is 0 Å². The van der Waals surface area contributed by atoms with Gasteiger partial charge in [0, 0.05) is 20.2 Å². The second kappa shape index (κ2) is 5.32. The van der Waals surface area contributed by atoms with Gasteiger partial charge in [-0.2, -0.15) is 0 Å². The Kier molecular flexibility index (Phi) is 3.97. The Morgan fingerprint density at radius 2 is 2.17 bits per heavy atom. The summed E-state index contributed by atoms with van der Waals surface area (Å²) in [5.41, 5.74) is -0.243. The molecule has 6 heteroatoms. The first-order chi connectivity index (χ1) is 8.52. The summed E-state index contributed by atoms with van der Waals surface area (Å²) < 4.78 is 32.1. The predicted octanol–water partition coefficient (Wildman–Crippen LogP) is 2.59. The van der Waals surface area contributed by atoms with Crippen molar-refractivity contribution in [3.8, 4) is 0 Å². The van der Waals surface area contributed by atoms with Gasteiger partial charge in [0.05, 0.1) is 16.1 Å². The number of hydrogen-bond donors (Lipinski definition) is 0. The van der Waals surface area contributed by atoms with Gasteiger partial charge < -0.3 is 9.64 Å². The van der Waals surface area contributed by atoms with Crippen LogP contribution in [0.1, 0.15) is 16.8 Å². The normalized spacial score (nSPS) is 19.3. The summed E-state index contributed by atoms with van der Waals surface area (Å²) in [6, 6.07) is 1.88. The number of ether oxygens (including phenoxy) is 1. The second-order valence-corrected chi connectivity index (χ2v) is 5.00. The van der Waals surface area contributed by atoms with Crippen LogP contribution in [-0.2, 0) is 4.74 Å². The molecule has 18 heavy (non-hydrogen) atoms. The van der Waals surface area contributed by atoms with E-state index in [0.717, 1.165) is 12.1 Å². The SMILES string of the molecule is CO[C@H]1CCN(C(=O)c2cc(F)c(Br)cc2F)C1. The van der Waals surface area contributed by atoms with Crippen LogP contribution in [0.3, 0.4) is 0 Å². The minimum Gasteiger partial charge on any atom is -0.380 e. The largest absolute Gasteiger partial charge is 0.380 e. The molecular weight excluding hydrogens is 308 g/mol. The summed E-state index contributed by atoms with van der Waals surface area (Å²) in [7, 11) is 1.57. The number of benzene rings is 1. The first kappa shape index (κ1) is 13.4. The molecule has 1 atom stereocenters. The summed E-state index contributed by atoms with van der Waals surface area (Å²) >= 11 is 2.87. The van der Waals surface area contributed by atoms with Crippen LogP contribution in [0.15, 0.2) is 16.6 Å². The van der Waals surface area contributed by atoms with E-state index in [1.807, 2.05) is 0 Å². The van der Waals surface area contributed by atoms with Gasteiger partial charge in [0.25, 0.3) is 5.91 Å². The molecule has 0 unspecified atom stereocenters. The molecule has 1 aliphatic rings. The Hall–Kier alpha value is -1.01. The Labute approximate surface area is 112 Å². The molecule has 2 rings (SSSR count). The number of rotatable bonds is 2. The maximum Gasteiger partial charge on any atom is 0.257 e. The van der Waals surface area contributed by atoms with Gasteiger partial charge in [-0.1, -0.05) is 0 Å². The smallest absolute Gasteiger partial charge is 0.257 e. The highest BCUT2D eigenvalue weighted by Crippen LogP contribution is 2.22. The van der Waals surface area contributed by atoms with Crippen LogP contribution >= 0.6 is 15.9 Å². The third-order valence-corrected chi connectivity index (χ3v) is 3.61. The summed E-state index contributed by atoms with van der Waals surface area (Å²) in [5.74, 6) is -1.88. The Balaban J connectivity index is 2.22. The van der Waals surface area contributed by atoms with Crippen molar-refractivity contribution < 1.29 is 18.3 Å². The first-order valence-electron chi connectivity index (χ1n) is 5.49. The molecule has 1 aromatic rings. The number of hydrogen-bond acceptors (Lipinski definition) is 2. The maximum absolute atomic E-state index is 13.6. The minimum absolute atomic E-state index is 0.00717. The fraction of sp³-hybridized carbons (Fsp3) is 0.417. The molecule has 1 fully saturated rings. The molecule has 1 saturated heterocycles. The van der Waals surface area contributed by atoms with Crippen molar-refractivity contribution in [2.45, 2.75) is 12.5 Å². The molecule has 0 spiro atoms. The van der Waals surface area contributed by atoms with Gasteiger partial charge in [0.1, 0.15) is 11.6 Å². The first-order valence-corrected chi connectivity index (χ1v) is 6.29. The lowest BCUT2D eigenvalue weighted by Crippen LogP contribution is -2.30. The number of likely N-dealkylation sites (tertiary alicyclic amines) is 1. The number of halogens is 3. The summed E-state index contributed by atoms with van der Waals surface area (Å²) in [6.07, 6.45) is 0.681. The lowest BCUT2D eigenvalue weighted by Gasteiger charge is -2.16. The van der Waals surface area contributed by atoms with E-state index in [9.17, 15) is 13.6 Å². The molecule has 0 saturated carbocycles. The summed E-state index contributed by atoms with van der Waals surface area (Å²) in [4.78, 5) is 13.5. The van der Waals surface area contributed by atoms with E-state index < -0.39 is 17.5 Å². The fourth-order valence-electron chi connectivity index (χ4n) is 1.96. The predicted molar refractivity (Wildman–Crippen MR) is 65.4 cm³/mol. The van der Waals surface area contributed by atoms with Crippen LogP contribution in [0.25, 0.3) is 0 Å². The van der Waals surface area contributed by atoms with Gasteiger partial charge in [-0.15, -0.1) is 0 Å². The Morgan fingerprint density at radius 1 is 1.44 bits per heavy atom. The number of nitrogens with zero attached hydrogens (tertiary/aromatic N) is 1.